The van der Waals surface area contributed by atoms with Gasteiger partial charge in [-0.05, 0) is 0 Å². The average Bonchev–Trinajstić information content (AvgIpc) is 1.97. The molecule has 10 heavy (non-hydrogen) atoms. The van der Waals surface area contributed by atoms with E-state index in [9.17, 15) is 0 Å². The van der Waals surface area contributed by atoms with Gasteiger partial charge >= 0.3 is 75.6 Å². The number of hydrogen-bond donors (Lipinski definition) is 1. The van der Waals surface area contributed by atoms with Crippen LogP contribution < -0.4 is 4.91 Å². The molecule has 0 aromatic heterocycles. The van der Waals surface area contributed by atoms with Gasteiger partial charge in [-0.3, -0.25) is 0 Å². The van der Waals surface area contributed by atoms with Crippen molar-refractivity contribution < 1.29 is 7.42 Å². The van der Waals surface area contributed by atoms with Crippen LogP contribution in [0.4, 0.5) is 0 Å². The van der Waals surface area contributed by atoms with Gasteiger partial charge in [-0.25, -0.2) is 0 Å². The summed E-state index contributed by atoms with van der Waals surface area (Å²) in [6.45, 7) is 2.27. The number of nitrogens with one attached hydrogen (secondary N) is 1. The molecule has 0 aliphatic heterocycles. The molecule has 54 valence electrons. The van der Waals surface area contributed by atoms with Crippen molar-refractivity contribution in [3.05, 3.63) is 0 Å². The predicted octanol–water partition coefficient (Wildman–Crippen LogP) is -0.347. The summed E-state index contributed by atoms with van der Waals surface area (Å²) in [6, 6.07) is 0. The van der Waals surface area contributed by atoms with Gasteiger partial charge in [-0.2, -0.15) is 0 Å². The summed E-state index contributed by atoms with van der Waals surface area (Å²) in [5.74, 6) is 0. The van der Waals surface area contributed by atoms with E-state index in [-0.39, 0.29) is 0 Å². The van der Waals surface area contributed by atoms with Crippen molar-refractivity contribution in [1.29, 1.82) is 5.53 Å². The van der Waals surface area contributed by atoms with Crippen LogP contribution in [0.3, 0.4) is 0 Å². The topological polar surface area (TPSA) is 68.8 Å². The molecule has 0 aromatic rings. The predicted molar refractivity (Wildman–Crippen MR) is 34.7 cm³/mol. The first-order valence-electron chi connectivity index (χ1n) is 2.84. The molecule has 0 unspecified atom stereocenters. The van der Waals surface area contributed by atoms with Crippen LogP contribution in [0.2, 0.25) is 0 Å². The van der Waals surface area contributed by atoms with Gasteiger partial charge in [0.1, 0.15) is 0 Å². The second-order valence-corrected chi connectivity index (χ2v) is 2.74. The van der Waals surface area contributed by atoms with Gasteiger partial charge in [0.25, 0.3) is 0 Å². The average molecular weight is 336 g/mol. The van der Waals surface area contributed by atoms with Crippen LogP contribution in [-0.2, 0) is 7.42 Å². The maximum atomic E-state index is 6.30. The molecule has 0 spiro atoms. The zero-order valence-electron chi connectivity index (χ0n) is 5.62. The maximum absolute atomic E-state index is 6.30. The number of hydrogen-bond acceptors (Lipinski definition) is 4. The Labute approximate surface area is 75.7 Å². The van der Waals surface area contributed by atoms with Crippen molar-refractivity contribution in [2.45, 2.75) is 0 Å². The molecule has 0 aliphatic carbocycles. The molecular weight excluding hydrogens is 326 g/mol. The van der Waals surface area contributed by atoms with Gasteiger partial charge in [0.05, 0.1) is 0 Å². The van der Waals surface area contributed by atoms with Crippen LogP contribution in [0.25, 0.3) is 0 Å². The Bertz CT molecular complexity index is 115. The summed E-state index contributed by atoms with van der Waals surface area (Å²) in [5, 5.41) is 3.41. The Hall–Kier alpha value is 0.152. The fourth-order valence-corrected chi connectivity index (χ4v) is 0.739. The van der Waals surface area contributed by atoms with Crippen molar-refractivity contribution in [2.24, 2.45) is 5.11 Å². The molecule has 0 aliphatic rings. The Morgan fingerprint density at radius 1 is 1.40 bits per heavy atom. The van der Waals surface area contributed by atoms with E-state index in [4.69, 9.17) is 13.0 Å². The van der Waals surface area contributed by atoms with Gasteiger partial charge < -0.3 is 0 Å². The first kappa shape index (κ1) is 10.2. The van der Waals surface area contributed by atoms with Gasteiger partial charge in [0, 0.05) is 0 Å². The van der Waals surface area contributed by atoms with E-state index >= 15 is 0 Å². The zero-order chi connectivity index (χ0) is 7.66. The monoisotopic (exact) mass is 336 g/mol. The fraction of sp³-hybridized carbons (Fsp3) is 1.00. The van der Waals surface area contributed by atoms with Crippen molar-refractivity contribution in [1.82, 2.24) is 4.91 Å². The summed E-state index contributed by atoms with van der Waals surface area (Å²) in [4.78, 5) is 2.83. The zero-order valence-corrected chi connectivity index (χ0v) is 10.1. The third kappa shape index (κ3) is 8.15. The Balaban J connectivity index is 2.83. The summed E-state index contributed by atoms with van der Waals surface area (Å²) < 4.78 is 9.94. The van der Waals surface area contributed by atoms with Crippen LogP contribution in [0.1, 0.15) is 0 Å². The minimum atomic E-state index is 0.465. The Kier molecular flexibility index (Phi) is 9.29. The fourth-order valence-electron chi connectivity index (χ4n) is 0.364. The van der Waals surface area contributed by atoms with Crippen molar-refractivity contribution in [3.8, 4) is 0 Å². The van der Waals surface area contributed by atoms with Gasteiger partial charge in [-0.15, -0.1) is 0 Å². The van der Waals surface area contributed by atoms with Crippen molar-refractivity contribution in [3.63, 3.8) is 0 Å². The second-order valence-electron chi connectivity index (χ2n) is 1.45. The summed E-state index contributed by atoms with van der Waals surface area (Å²) >= 11 is 0.585. The molecule has 0 atom stereocenters. The summed E-state index contributed by atoms with van der Waals surface area (Å²) in [7, 11) is 0. The van der Waals surface area contributed by atoms with E-state index in [0.717, 1.165) is 0 Å². The first-order valence-corrected chi connectivity index (χ1v) is 4.67. The molecule has 1 N–H and O–H groups in total. The molecule has 0 rings (SSSR count). The SMILES string of the molecule is N=[N+]=NCCOCC[O][Tl]. The quantitative estimate of drug-likeness (QED) is 0.312. The van der Waals surface area contributed by atoms with E-state index in [2.05, 4.69) is 10.0 Å². The van der Waals surface area contributed by atoms with Crippen molar-refractivity contribution in [2.75, 3.05) is 26.4 Å². The molecule has 0 radical (unpaired) electrons. The minimum absolute atomic E-state index is 0.465. The molecule has 6 heteroatoms. The summed E-state index contributed by atoms with van der Waals surface area (Å²) in [5.41, 5.74) is 6.30. The number of ether oxygens (including phenoxy) is 1. The molecule has 0 aromatic carbocycles. The Morgan fingerprint density at radius 3 is 2.80 bits per heavy atom. The molecule has 0 amide bonds. The molecule has 0 fully saturated rings. The molecule has 0 heterocycles. The normalized spacial score (nSPS) is 8.70. The molecule has 0 saturated carbocycles. The van der Waals surface area contributed by atoms with E-state index in [1.165, 1.54) is 0 Å². The van der Waals surface area contributed by atoms with Crippen LogP contribution in [-0.4, -0.2) is 52.6 Å². The second kappa shape index (κ2) is 9.15. The van der Waals surface area contributed by atoms with Gasteiger partial charge in [0.15, 0.2) is 0 Å². The van der Waals surface area contributed by atoms with E-state index in [1.54, 1.807) is 0 Å². The summed E-state index contributed by atoms with van der Waals surface area (Å²) in [6.07, 6.45) is 0. The van der Waals surface area contributed by atoms with Crippen LogP contribution in [0, 0.1) is 5.53 Å². The van der Waals surface area contributed by atoms with Crippen LogP contribution >= 0.6 is 0 Å². The third-order valence-corrected chi connectivity index (χ3v) is 1.67. The van der Waals surface area contributed by atoms with Gasteiger partial charge in [-0.1, -0.05) is 0 Å². The number of nitrogens with zero attached hydrogens (tertiary/aromatic N) is 2. The van der Waals surface area contributed by atoms with E-state index in [0.29, 0.717) is 52.6 Å². The van der Waals surface area contributed by atoms with Crippen molar-refractivity contribution >= 4 is 26.2 Å². The molecule has 0 saturated heterocycles. The molecular formula is C4H9N3O2Tl+. The molecule has 5 nitrogen and oxygen atoms in total. The standard InChI is InChI=1S/C4H9N3O2.Tl/c5-7-6-1-3-9-4-2-8;/h5H,1-4H2;/q;+1. The third-order valence-electron chi connectivity index (χ3n) is 0.752. The van der Waals surface area contributed by atoms with Crippen LogP contribution in [0.5, 0.6) is 0 Å². The first-order chi connectivity index (χ1) is 4.91. The van der Waals surface area contributed by atoms with Gasteiger partial charge in [0.2, 0.25) is 0 Å². The van der Waals surface area contributed by atoms with Crippen LogP contribution in [0.15, 0.2) is 5.11 Å². The molecule has 0 bridgehead atoms. The van der Waals surface area contributed by atoms with E-state index in [1.807, 2.05) is 0 Å². The van der Waals surface area contributed by atoms with E-state index < -0.39 is 0 Å². The Morgan fingerprint density at radius 2 is 2.20 bits per heavy atom. The number of rotatable bonds is 6.